The number of aliphatic imine (C=N–C) groups is 1. The first-order chi connectivity index (χ1) is 16.0. The third-order valence-corrected chi connectivity index (χ3v) is 7.99. The molecule has 0 bridgehead atoms. The smallest absolute Gasteiger partial charge is 0.263 e. The van der Waals surface area contributed by atoms with Crippen LogP contribution >= 0.6 is 0 Å². The summed E-state index contributed by atoms with van der Waals surface area (Å²) in [7, 11) is -3.64. The first-order valence-corrected chi connectivity index (χ1v) is 13.3. The van der Waals surface area contributed by atoms with E-state index in [1.54, 1.807) is 24.3 Å². The van der Waals surface area contributed by atoms with Crippen LogP contribution in [0.25, 0.3) is 0 Å². The zero-order chi connectivity index (χ0) is 23.3. The Morgan fingerprint density at radius 2 is 2.03 bits per heavy atom. The first-order valence-electron chi connectivity index (χ1n) is 11.9. The highest BCUT2D eigenvalue weighted by molar-refractivity contribution is 7.90. The van der Waals surface area contributed by atoms with E-state index in [1.807, 2.05) is 0 Å². The molecule has 3 heterocycles. The molecular formula is C23H34N4O5S. The first kappa shape index (κ1) is 24.1. The van der Waals surface area contributed by atoms with Crippen molar-refractivity contribution in [3.05, 3.63) is 29.8 Å². The van der Waals surface area contributed by atoms with Crippen LogP contribution in [0, 0.1) is 5.92 Å². The second-order valence-corrected chi connectivity index (χ2v) is 10.5. The minimum Gasteiger partial charge on any atom is -0.381 e. The topological polar surface area (TPSA) is 109 Å². The number of nitrogens with zero attached hydrogens (tertiary/aromatic N) is 2. The van der Waals surface area contributed by atoms with Gasteiger partial charge in [0.05, 0.1) is 24.7 Å². The van der Waals surface area contributed by atoms with E-state index in [0.29, 0.717) is 44.3 Å². The molecule has 0 spiro atoms. The van der Waals surface area contributed by atoms with Gasteiger partial charge in [-0.1, -0.05) is 31.9 Å². The SMILES string of the molecule is CCCCC(N=C1NS(=O)(=O)c2ccccc21)C(=O)NCC(C1CCOC1)N1CCOCC1. The van der Waals surface area contributed by atoms with Crippen LogP contribution in [0.3, 0.4) is 0 Å². The van der Waals surface area contributed by atoms with Gasteiger partial charge in [-0.05, 0) is 25.0 Å². The van der Waals surface area contributed by atoms with Gasteiger partial charge in [-0.3, -0.25) is 19.4 Å². The fourth-order valence-electron chi connectivity index (χ4n) is 4.72. The second kappa shape index (κ2) is 10.9. The highest BCUT2D eigenvalue weighted by Gasteiger charge is 2.34. The van der Waals surface area contributed by atoms with Crippen LogP contribution in [0.15, 0.2) is 34.2 Å². The number of sulfonamides is 1. The number of fused-ring (bicyclic) bond motifs is 1. The minimum absolute atomic E-state index is 0.170. The molecule has 1 aromatic rings. The number of amides is 1. The fraction of sp³-hybridized carbons (Fsp3) is 0.652. The summed E-state index contributed by atoms with van der Waals surface area (Å²) in [4.78, 5) is 20.4. The molecule has 0 aromatic heterocycles. The van der Waals surface area contributed by atoms with E-state index >= 15 is 0 Å². The van der Waals surface area contributed by atoms with Crippen LogP contribution in [0.5, 0.6) is 0 Å². The molecule has 10 heteroatoms. The Balaban J connectivity index is 1.49. The van der Waals surface area contributed by atoms with Crippen LogP contribution in [0.1, 0.15) is 38.2 Å². The van der Waals surface area contributed by atoms with Crippen molar-refractivity contribution >= 4 is 21.8 Å². The quantitative estimate of drug-likeness (QED) is 0.551. The van der Waals surface area contributed by atoms with Gasteiger partial charge in [-0.15, -0.1) is 0 Å². The monoisotopic (exact) mass is 478 g/mol. The molecule has 1 aromatic carbocycles. The third kappa shape index (κ3) is 5.74. The Hall–Kier alpha value is -2.01. The molecule has 0 saturated carbocycles. The maximum atomic E-state index is 13.2. The summed E-state index contributed by atoms with van der Waals surface area (Å²) >= 11 is 0. The molecule has 2 saturated heterocycles. The number of hydrogen-bond acceptors (Lipinski definition) is 7. The zero-order valence-corrected chi connectivity index (χ0v) is 20.0. The average Bonchev–Trinajstić information content (AvgIpc) is 3.44. The van der Waals surface area contributed by atoms with E-state index in [4.69, 9.17) is 9.47 Å². The Morgan fingerprint density at radius 1 is 1.24 bits per heavy atom. The van der Waals surface area contributed by atoms with Gasteiger partial charge in [0.1, 0.15) is 11.9 Å². The molecule has 2 fully saturated rings. The predicted octanol–water partition coefficient (Wildman–Crippen LogP) is 1.14. The number of carbonyl (C=O) groups is 1. The van der Waals surface area contributed by atoms with Crippen LogP contribution < -0.4 is 10.0 Å². The summed E-state index contributed by atoms with van der Waals surface area (Å²) in [6.07, 6.45) is 3.29. The van der Waals surface area contributed by atoms with E-state index in [1.165, 1.54) is 0 Å². The van der Waals surface area contributed by atoms with Crippen molar-refractivity contribution < 1.29 is 22.7 Å². The lowest BCUT2D eigenvalue weighted by molar-refractivity contribution is -0.123. The number of nitrogens with one attached hydrogen (secondary N) is 2. The van der Waals surface area contributed by atoms with Gasteiger partial charge in [0.2, 0.25) is 5.91 Å². The van der Waals surface area contributed by atoms with Gasteiger partial charge in [0.15, 0.2) is 0 Å². The van der Waals surface area contributed by atoms with E-state index in [-0.39, 0.29) is 22.7 Å². The molecule has 3 aliphatic rings. The predicted molar refractivity (Wildman–Crippen MR) is 125 cm³/mol. The van der Waals surface area contributed by atoms with Crippen LogP contribution in [0.2, 0.25) is 0 Å². The van der Waals surface area contributed by atoms with Gasteiger partial charge in [0.25, 0.3) is 10.0 Å². The summed E-state index contributed by atoms with van der Waals surface area (Å²) < 4.78 is 38.5. The Morgan fingerprint density at radius 3 is 2.76 bits per heavy atom. The molecule has 2 N–H and O–H groups in total. The Labute approximate surface area is 196 Å². The highest BCUT2D eigenvalue weighted by atomic mass is 32.2. The lowest BCUT2D eigenvalue weighted by Crippen LogP contribution is -2.53. The highest BCUT2D eigenvalue weighted by Crippen LogP contribution is 2.24. The fourth-order valence-corrected chi connectivity index (χ4v) is 5.96. The number of ether oxygens (including phenoxy) is 2. The molecule has 3 unspecified atom stereocenters. The maximum absolute atomic E-state index is 13.2. The van der Waals surface area contributed by atoms with E-state index < -0.39 is 16.1 Å². The second-order valence-electron chi connectivity index (χ2n) is 8.82. The number of carbonyl (C=O) groups excluding carboxylic acids is 1. The summed E-state index contributed by atoms with van der Waals surface area (Å²) in [6, 6.07) is 6.26. The standard InChI is InChI=1S/C23H34N4O5S/c1-2-3-7-19(25-22-18-6-4-5-8-21(18)33(29,30)26-22)23(28)24-15-20(17-9-12-32-16-17)27-10-13-31-14-11-27/h4-6,8,17,19-20H,2-3,7,9-16H2,1H3,(H,24,28)(H,25,26). The van der Waals surface area contributed by atoms with Gasteiger partial charge >= 0.3 is 0 Å². The number of rotatable bonds is 9. The van der Waals surface area contributed by atoms with Crippen LogP contribution in [-0.2, 0) is 24.3 Å². The molecule has 182 valence electrons. The van der Waals surface area contributed by atoms with Crippen molar-refractivity contribution in [2.45, 2.75) is 49.6 Å². The van der Waals surface area contributed by atoms with Crippen molar-refractivity contribution in [3.63, 3.8) is 0 Å². The summed E-state index contributed by atoms with van der Waals surface area (Å²) in [5.74, 6) is 0.449. The minimum atomic E-state index is -3.64. The lowest BCUT2D eigenvalue weighted by atomic mass is 9.96. The van der Waals surface area contributed by atoms with Crippen molar-refractivity contribution in [3.8, 4) is 0 Å². The molecule has 4 rings (SSSR count). The molecular weight excluding hydrogens is 444 g/mol. The largest absolute Gasteiger partial charge is 0.381 e. The van der Waals surface area contributed by atoms with E-state index in [0.717, 1.165) is 39.0 Å². The average molecular weight is 479 g/mol. The molecule has 1 amide bonds. The van der Waals surface area contributed by atoms with Gasteiger partial charge in [0, 0.05) is 43.8 Å². The van der Waals surface area contributed by atoms with Crippen molar-refractivity contribution in [1.82, 2.24) is 14.9 Å². The van der Waals surface area contributed by atoms with Crippen LogP contribution in [0.4, 0.5) is 0 Å². The van der Waals surface area contributed by atoms with E-state index in [9.17, 15) is 13.2 Å². The maximum Gasteiger partial charge on any atom is 0.263 e. The lowest BCUT2D eigenvalue weighted by Gasteiger charge is -2.37. The number of unbranched alkanes of at least 4 members (excludes halogenated alkanes) is 1. The summed E-state index contributed by atoms with van der Waals surface area (Å²) in [5, 5.41) is 3.12. The normalized spacial score (nSPS) is 25.4. The van der Waals surface area contributed by atoms with Gasteiger partial charge in [-0.2, -0.15) is 0 Å². The molecule has 9 nitrogen and oxygen atoms in total. The van der Waals surface area contributed by atoms with Crippen LogP contribution in [-0.4, -0.2) is 83.2 Å². The zero-order valence-electron chi connectivity index (χ0n) is 19.2. The van der Waals surface area contributed by atoms with Gasteiger partial charge < -0.3 is 14.8 Å². The van der Waals surface area contributed by atoms with E-state index in [2.05, 4.69) is 26.9 Å². The summed E-state index contributed by atoms with van der Waals surface area (Å²) in [6.45, 7) is 7.12. The molecule has 33 heavy (non-hydrogen) atoms. The Bertz CT molecular complexity index is 955. The van der Waals surface area contributed by atoms with Crippen molar-refractivity contribution in [2.24, 2.45) is 10.9 Å². The number of benzene rings is 1. The molecule has 3 atom stereocenters. The number of amidine groups is 1. The van der Waals surface area contributed by atoms with Crippen molar-refractivity contribution in [1.29, 1.82) is 0 Å². The molecule has 0 aliphatic carbocycles. The molecule has 3 aliphatic heterocycles. The number of hydrogen-bond donors (Lipinski definition) is 2. The van der Waals surface area contributed by atoms with Crippen molar-refractivity contribution in [2.75, 3.05) is 46.1 Å². The number of morpholine rings is 1. The molecule has 0 radical (unpaired) electrons. The van der Waals surface area contributed by atoms with Gasteiger partial charge in [-0.25, -0.2) is 8.42 Å². The third-order valence-electron chi connectivity index (χ3n) is 6.59. The Kier molecular flexibility index (Phi) is 8.00. The summed E-state index contributed by atoms with van der Waals surface area (Å²) in [5.41, 5.74) is 0.515.